The van der Waals surface area contributed by atoms with Gasteiger partial charge in [-0.15, -0.1) is 0 Å². The van der Waals surface area contributed by atoms with Crippen molar-refractivity contribution in [1.82, 2.24) is 0 Å². The molecule has 70 valence electrons. The van der Waals surface area contributed by atoms with E-state index in [4.69, 9.17) is 4.74 Å². The predicted molar refractivity (Wildman–Crippen MR) is 50.1 cm³/mol. The molecule has 13 heavy (non-hydrogen) atoms. The average Bonchev–Trinajstić information content (AvgIpc) is 2.43. The molecule has 2 aliphatic rings. The third-order valence-electron chi connectivity index (χ3n) is 2.83. The molecule has 2 heteroatoms. The zero-order valence-electron chi connectivity index (χ0n) is 7.82. The van der Waals surface area contributed by atoms with Crippen LogP contribution in [0.2, 0.25) is 0 Å². The van der Waals surface area contributed by atoms with E-state index in [0.717, 1.165) is 12.8 Å². The number of esters is 1. The van der Waals surface area contributed by atoms with Gasteiger partial charge in [-0.05, 0) is 31.6 Å². The molecular weight excluding hydrogens is 164 g/mol. The summed E-state index contributed by atoms with van der Waals surface area (Å²) in [5, 5.41) is 0. The van der Waals surface area contributed by atoms with Gasteiger partial charge in [0.1, 0.15) is 0 Å². The summed E-state index contributed by atoms with van der Waals surface area (Å²) >= 11 is 0. The first-order valence-corrected chi connectivity index (χ1v) is 4.85. The molecule has 2 unspecified atom stereocenters. The Labute approximate surface area is 78.3 Å². The minimum atomic E-state index is -0.178. The molecule has 0 spiro atoms. The van der Waals surface area contributed by atoms with Gasteiger partial charge >= 0.3 is 5.97 Å². The SMILES string of the molecule is CCOC(=O)/C=C1/CC2C=CCC12. The molecule has 0 aromatic heterocycles. The summed E-state index contributed by atoms with van der Waals surface area (Å²) in [5.74, 6) is 1.15. The second-order valence-corrected chi connectivity index (χ2v) is 3.61. The molecule has 0 aromatic carbocycles. The lowest BCUT2D eigenvalue weighted by Gasteiger charge is -2.33. The summed E-state index contributed by atoms with van der Waals surface area (Å²) in [6.45, 7) is 2.30. The van der Waals surface area contributed by atoms with E-state index in [0.29, 0.717) is 18.4 Å². The fraction of sp³-hybridized carbons (Fsp3) is 0.545. The zero-order chi connectivity index (χ0) is 9.26. The van der Waals surface area contributed by atoms with Gasteiger partial charge in [0, 0.05) is 6.08 Å². The number of rotatable bonds is 2. The third-order valence-corrected chi connectivity index (χ3v) is 2.83. The van der Waals surface area contributed by atoms with Crippen molar-refractivity contribution in [3.05, 3.63) is 23.8 Å². The van der Waals surface area contributed by atoms with Crippen LogP contribution in [0.3, 0.4) is 0 Å². The third kappa shape index (κ3) is 1.53. The fourth-order valence-corrected chi connectivity index (χ4v) is 2.11. The molecule has 0 N–H and O–H groups in total. The van der Waals surface area contributed by atoms with Crippen molar-refractivity contribution >= 4 is 5.97 Å². The van der Waals surface area contributed by atoms with Crippen LogP contribution in [0.15, 0.2) is 23.8 Å². The Balaban J connectivity index is 1.93. The van der Waals surface area contributed by atoms with E-state index in [1.165, 1.54) is 5.57 Å². The van der Waals surface area contributed by atoms with Gasteiger partial charge in [0.2, 0.25) is 0 Å². The Kier molecular flexibility index (Phi) is 2.21. The molecule has 0 aliphatic heterocycles. The smallest absolute Gasteiger partial charge is 0.330 e. The van der Waals surface area contributed by atoms with Crippen LogP contribution in [0.25, 0.3) is 0 Å². The van der Waals surface area contributed by atoms with Crippen LogP contribution in [-0.2, 0) is 9.53 Å². The van der Waals surface area contributed by atoms with Crippen LogP contribution in [0.5, 0.6) is 0 Å². The van der Waals surface area contributed by atoms with Gasteiger partial charge in [-0.25, -0.2) is 4.79 Å². The lowest BCUT2D eigenvalue weighted by atomic mass is 9.71. The van der Waals surface area contributed by atoms with Crippen LogP contribution in [0, 0.1) is 11.8 Å². The molecule has 2 atom stereocenters. The molecule has 2 aliphatic carbocycles. The minimum Gasteiger partial charge on any atom is -0.463 e. The van der Waals surface area contributed by atoms with Crippen molar-refractivity contribution in [2.45, 2.75) is 19.8 Å². The maximum Gasteiger partial charge on any atom is 0.330 e. The largest absolute Gasteiger partial charge is 0.463 e. The van der Waals surface area contributed by atoms with Gasteiger partial charge in [-0.2, -0.15) is 0 Å². The summed E-state index contributed by atoms with van der Waals surface area (Å²) < 4.78 is 4.86. The second kappa shape index (κ2) is 3.36. The van der Waals surface area contributed by atoms with E-state index in [1.54, 1.807) is 6.08 Å². The highest BCUT2D eigenvalue weighted by atomic mass is 16.5. The summed E-state index contributed by atoms with van der Waals surface area (Å²) in [7, 11) is 0. The highest BCUT2D eigenvalue weighted by molar-refractivity contribution is 5.83. The van der Waals surface area contributed by atoms with E-state index in [-0.39, 0.29) is 5.97 Å². The highest BCUT2D eigenvalue weighted by Gasteiger charge is 2.36. The molecular formula is C11H14O2. The Bertz CT molecular complexity index is 276. The molecule has 0 radical (unpaired) electrons. The van der Waals surface area contributed by atoms with Crippen LogP contribution in [0.1, 0.15) is 19.8 Å². The van der Waals surface area contributed by atoms with Crippen LogP contribution in [0.4, 0.5) is 0 Å². The summed E-state index contributed by atoms with van der Waals surface area (Å²) in [4.78, 5) is 11.1. The monoisotopic (exact) mass is 178 g/mol. The summed E-state index contributed by atoms with van der Waals surface area (Å²) in [6.07, 6.45) is 8.31. The summed E-state index contributed by atoms with van der Waals surface area (Å²) in [5.41, 5.74) is 1.27. The fourth-order valence-electron chi connectivity index (χ4n) is 2.11. The normalized spacial score (nSPS) is 32.8. The molecule has 1 saturated carbocycles. The van der Waals surface area contributed by atoms with E-state index in [1.807, 2.05) is 6.92 Å². The molecule has 0 bridgehead atoms. The number of allylic oxidation sites excluding steroid dienone is 3. The van der Waals surface area contributed by atoms with Gasteiger partial charge in [-0.1, -0.05) is 17.7 Å². The first-order valence-electron chi connectivity index (χ1n) is 4.85. The van der Waals surface area contributed by atoms with Crippen LogP contribution < -0.4 is 0 Å². The molecule has 0 heterocycles. The second-order valence-electron chi connectivity index (χ2n) is 3.61. The highest BCUT2D eigenvalue weighted by Crippen LogP contribution is 2.46. The van der Waals surface area contributed by atoms with Crippen LogP contribution >= 0.6 is 0 Å². The molecule has 0 aromatic rings. The van der Waals surface area contributed by atoms with Crippen molar-refractivity contribution in [2.24, 2.45) is 11.8 Å². The van der Waals surface area contributed by atoms with Crippen molar-refractivity contribution in [2.75, 3.05) is 6.61 Å². The predicted octanol–water partition coefficient (Wildman–Crippen LogP) is 2.07. The molecule has 2 nitrogen and oxygen atoms in total. The molecule has 1 fully saturated rings. The first kappa shape index (κ1) is 8.54. The van der Waals surface area contributed by atoms with Crippen molar-refractivity contribution in [1.29, 1.82) is 0 Å². The number of fused-ring (bicyclic) bond motifs is 1. The average molecular weight is 178 g/mol. The van der Waals surface area contributed by atoms with Gasteiger partial charge in [0.05, 0.1) is 6.61 Å². The lowest BCUT2D eigenvalue weighted by Crippen LogP contribution is -2.24. The van der Waals surface area contributed by atoms with E-state index < -0.39 is 0 Å². The van der Waals surface area contributed by atoms with E-state index >= 15 is 0 Å². The maximum atomic E-state index is 11.1. The van der Waals surface area contributed by atoms with Gasteiger partial charge < -0.3 is 4.74 Å². The number of hydrogen-bond acceptors (Lipinski definition) is 2. The Hall–Kier alpha value is -1.05. The Morgan fingerprint density at radius 1 is 1.77 bits per heavy atom. The van der Waals surface area contributed by atoms with Crippen molar-refractivity contribution < 1.29 is 9.53 Å². The summed E-state index contributed by atoms with van der Waals surface area (Å²) in [6, 6.07) is 0. The topological polar surface area (TPSA) is 26.3 Å². The zero-order valence-corrected chi connectivity index (χ0v) is 7.82. The minimum absolute atomic E-state index is 0.178. The van der Waals surface area contributed by atoms with E-state index in [9.17, 15) is 4.79 Å². The molecule has 2 rings (SSSR count). The standard InChI is InChI=1S/C11H14O2/c1-2-13-11(12)7-9-6-8-4-3-5-10(8)9/h3-4,7-8,10H,2,5-6H2,1H3/b9-7-. The lowest BCUT2D eigenvalue weighted by molar-refractivity contribution is -0.137. The first-order chi connectivity index (χ1) is 6.31. The Morgan fingerprint density at radius 3 is 3.31 bits per heavy atom. The molecule has 0 saturated heterocycles. The van der Waals surface area contributed by atoms with Crippen LogP contribution in [-0.4, -0.2) is 12.6 Å². The quantitative estimate of drug-likeness (QED) is 0.367. The number of hydrogen-bond donors (Lipinski definition) is 0. The number of carbonyl (C=O) groups excluding carboxylic acids is 1. The maximum absolute atomic E-state index is 11.1. The number of carbonyl (C=O) groups is 1. The number of ether oxygens (including phenoxy) is 1. The van der Waals surface area contributed by atoms with Gasteiger partial charge in [0.25, 0.3) is 0 Å². The van der Waals surface area contributed by atoms with Crippen molar-refractivity contribution in [3.8, 4) is 0 Å². The van der Waals surface area contributed by atoms with Crippen molar-refractivity contribution in [3.63, 3.8) is 0 Å². The van der Waals surface area contributed by atoms with Gasteiger partial charge in [0.15, 0.2) is 0 Å². The van der Waals surface area contributed by atoms with Gasteiger partial charge in [-0.3, -0.25) is 0 Å². The van der Waals surface area contributed by atoms with E-state index in [2.05, 4.69) is 12.2 Å². The Morgan fingerprint density at radius 2 is 2.62 bits per heavy atom. The molecule has 0 amide bonds.